The monoisotopic (exact) mass is 151 g/mol. The summed E-state index contributed by atoms with van der Waals surface area (Å²) >= 11 is 0. The summed E-state index contributed by atoms with van der Waals surface area (Å²) in [5.74, 6) is 0.760. The highest BCUT2D eigenvalue weighted by atomic mass is 16.5. The van der Waals surface area contributed by atoms with E-state index in [1.54, 1.807) is 13.2 Å². The summed E-state index contributed by atoms with van der Waals surface area (Å²) in [6.45, 7) is 3.01. The molecule has 0 saturated carbocycles. The smallest absolute Gasteiger partial charge is 0.119 e. The summed E-state index contributed by atoms with van der Waals surface area (Å²) in [6, 6.07) is 5.55. The number of hydrogen-bond donors (Lipinski definition) is 1. The van der Waals surface area contributed by atoms with Crippen LogP contribution in [-0.2, 0) is 0 Å². The van der Waals surface area contributed by atoms with Crippen LogP contribution in [-0.4, -0.2) is 12.2 Å². The summed E-state index contributed by atoms with van der Waals surface area (Å²) in [4.78, 5) is 0. The maximum atomic E-state index is 8.76. The Morgan fingerprint density at radius 3 is 2.73 bits per heavy atom. The van der Waals surface area contributed by atoms with Crippen molar-refractivity contribution in [1.29, 1.82) is 0 Å². The summed E-state index contributed by atoms with van der Waals surface area (Å²) in [5, 5.41) is 8.76. The molecule has 1 aromatic carbocycles. The van der Waals surface area contributed by atoms with Crippen molar-refractivity contribution >= 4 is 0 Å². The van der Waals surface area contributed by atoms with E-state index in [0.29, 0.717) is 0 Å². The van der Waals surface area contributed by atoms with Gasteiger partial charge in [-0.3, -0.25) is 0 Å². The van der Waals surface area contributed by atoms with E-state index in [9.17, 15) is 0 Å². The zero-order valence-corrected chi connectivity index (χ0v) is 6.66. The predicted octanol–water partition coefficient (Wildman–Crippen LogP) is 1.89. The van der Waals surface area contributed by atoms with Gasteiger partial charge in [0.15, 0.2) is 0 Å². The molecule has 0 aromatic heterocycles. The van der Waals surface area contributed by atoms with Gasteiger partial charge in [-0.2, -0.15) is 0 Å². The summed E-state index contributed by atoms with van der Waals surface area (Å²) < 4.78 is 4.98. The second-order valence-corrected chi connectivity index (χ2v) is 2.35. The highest BCUT2D eigenvalue weighted by Gasteiger charge is 1.98. The van der Waals surface area contributed by atoms with Gasteiger partial charge in [-0.25, -0.2) is 0 Å². The van der Waals surface area contributed by atoms with Crippen LogP contribution in [0.15, 0.2) is 18.2 Å². The Morgan fingerprint density at radius 1 is 1.45 bits per heavy atom. The van der Waals surface area contributed by atoms with Crippen molar-refractivity contribution in [2.45, 2.75) is 6.92 Å². The highest BCUT2D eigenvalue weighted by Crippen LogP contribution is 2.17. The fourth-order valence-corrected chi connectivity index (χ4v) is 0.885. The Hall–Kier alpha value is -1.02. The number of hydrogen-bond acceptors (Lipinski definition) is 2. The molecule has 59 valence electrons. The lowest BCUT2D eigenvalue weighted by atomic mass is 10.1. The van der Waals surface area contributed by atoms with Gasteiger partial charge in [0.1, 0.15) is 12.4 Å². The summed E-state index contributed by atoms with van der Waals surface area (Å²) in [6.07, 6.45) is 0. The summed E-state index contributed by atoms with van der Waals surface area (Å²) in [5.41, 5.74) is 1.83. The van der Waals surface area contributed by atoms with E-state index < -0.39 is 0 Å². The van der Waals surface area contributed by atoms with Gasteiger partial charge in [-0.05, 0) is 30.2 Å². The van der Waals surface area contributed by atoms with Crippen molar-refractivity contribution in [2.24, 2.45) is 0 Å². The predicted molar refractivity (Wildman–Crippen MR) is 43.1 cm³/mol. The van der Waals surface area contributed by atoms with Gasteiger partial charge in [0.2, 0.25) is 0 Å². The molecule has 0 aliphatic carbocycles. The number of methoxy groups -OCH3 is 1. The van der Waals surface area contributed by atoms with E-state index in [1.165, 1.54) is 0 Å². The van der Waals surface area contributed by atoms with E-state index in [2.05, 4.69) is 0 Å². The number of rotatable bonds is 2. The number of aliphatic hydroxyl groups excluding tert-OH is 1. The van der Waals surface area contributed by atoms with Crippen LogP contribution in [0.4, 0.5) is 0 Å². The Morgan fingerprint density at radius 2 is 2.18 bits per heavy atom. The Bertz CT molecular complexity index is 243. The Balaban J connectivity index is 3.02. The molecule has 1 radical (unpaired) electrons. The lowest BCUT2D eigenvalue weighted by Crippen LogP contribution is -1.88. The zero-order chi connectivity index (χ0) is 8.27. The standard InChI is InChI=1S/C9H11O2/c1-7-3-4-9(11-2)5-8(7)6-10/h3-6,10H,1-2H3. The number of ether oxygens (including phenoxy) is 1. The van der Waals surface area contributed by atoms with Gasteiger partial charge in [-0.1, -0.05) is 6.07 Å². The average molecular weight is 151 g/mol. The van der Waals surface area contributed by atoms with Crippen molar-refractivity contribution in [3.8, 4) is 5.75 Å². The number of aryl methyl sites for hydroxylation is 1. The second-order valence-electron chi connectivity index (χ2n) is 2.35. The molecule has 0 saturated heterocycles. The fraction of sp³-hybridized carbons (Fsp3) is 0.222. The third kappa shape index (κ3) is 1.71. The molecular weight excluding hydrogens is 140 g/mol. The largest absolute Gasteiger partial charge is 0.497 e. The molecule has 0 amide bonds. The molecule has 1 N–H and O–H groups in total. The molecule has 2 heteroatoms. The molecule has 0 aliphatic rings. The summed E-state index contributed by atoms with van der Waals surface area (Å²) in [7, 11) is 1.60. The molecule has 0 unspecified atom stereocenters. The number of benzene rings is 1. The first-order valence-corrected chi connectivity index (χ1v) is 3.40. The third-order valence-corrected chi connectivity index (χ3v) is 1.63. The van der Waals surface area contributed by atoms with Gasteiger partial charge < -0.3 is 9.84 Å². The molecule has 0 heterocycles. The molecule has 2 nitrogen and oxygen atoms in total. The Labute approximate surface area is 66.4 Å². The van der Waals surface area contributed by atoms with E-state index >= 15 is 0 Å². The fourth-order valence-electron chi connectivity index (χ4n) is 0.885. The van der Waals surface area contributed by atoms with Gasteiger partial charge in [-0.15, -0.1) is 0 Å². The van der Waals surface area contributed by atoms with E-state index in [4.69, 9.17) is 9.84 Å². The third-order valence-electron chi connectivity index (χ3n) is 1.63. The van der Waals surface area contributed by atoms with Crippen molar-refractivity contribution in [3.63, 3.8) is 0 Å². The van der Waals surface area contributed by atoms with Crippen LogP contribution in [0.25, 0.3) is 0 Å². The zero-order valence-electron chi connectivity index (χ0n) is 6.66. The van der Waals surface area contributed by atoms with Crippen LogP contribution in [0.5, 0.6) is 5.75 Å². The molecule has 11 heavy (non-hydrogen) atoms. The van der Waals surface area contributed by atoms with Crippen LogP contribution < -0.4 is 4.74 Å². The first-order valence-electron chi connectivity index (χ1n) is 3.40. The van der Waals surface area contributed by atoms with E-state index in [-0.39, 0.29) is 0 Å². The topological polar surface area (TPSA) is 29.5 Å². The SMILES string of the molecule is COc1ccc(C)c([CH]O)c1. The minimum atomic E-state index is 0.760. The van der Waals surface area contributed by atoms with Gasteiger partial charge in [0, 0.05) is 0 Å². The van der Waals surface area contributed by atoms with Crippen molar-refractivity contribution in [1.82, 2.24) is 0 Å². The maximum absolute atomic E-state index is 8.76. The van der Waals surface area contributed by atoms with Crippen molar-refractivity contribution in [2.75, 3.05) is 7.11 Å². The van der Waals surface area contributed by atoms with E-state index in [0.717, 1.165) is 23.5 Å². The molecular formula is C9H11O2. The van der Waals surface area contributed by atoms with Crippen LogP contribution in [0.2, 0.25) is 0 Å². The Kier molecular flexibility index (Phi) is 2.49. The minimum absolute atomic E-state index is 0.760. The highest BCUT2D eigenvalue weighted by molar-refractivity contribution is 5.37. The average Bonchev–Trinajstić information content (AvgIpc) is 2.05. The van der Waals surface area contributed by atoms with Gasteiger partial charge in [0.25, 0.3) is 0 Å². The van der Waals surface area contributed by atoms with Crippen LogP contribution in [0.3, 0.4) is 0 Å². The van der Waals surface area contributed by atoms with E-state index in [1.807, 2.05) is 19.1 Å². The van der Waals surface area contributed by atoms with Crippen LogP contribution in [0, 0.1) is 13.5 Å². The second kappa shape index (κ2) is 3.39. The molecule has 0 fully saturated rings. The first kappa shape index (κ1) is 8.08. The lowest BCUT2D eigenvalue weighted by molar-refractivity contribution is 0.403. The molecule has 0 atom stereocenters. The first-order chi connectivity index (χ1) is 5.27. The molecule has 0 bridgehead atoms. The van der Waals surface area contributed by atoms with Crippen molar-refractivity contribution < 1.29 is 9.84 Å². The van der Waals surface area contributed by atoms with Crippen LogP contribution >= 0.6 is 0 Å². The normalized spacial score (nSPS) is 9.73. The molecule has 1 aromatic rings. The minimum Gasteiger partial charge on any atom is -0.497 e. The van der Waals surface area contributed by atoms with Gasteiger partial charge in [0.05, 0.1) is 7.11 Å². The number of aliphatic hydroxyl groups is 1. The maximum Gasteiger partial charge on any atom is 0.119 e. The van der Waals surface area contributed by atoms with Crippen molar-refractivity contribution in [3.05, 3.63) is 35.9 Å². The van der Waals surface area contributed by atoms with Gasteiger partial charge >= 0.3 is 0 Å². The lowest BCUT2D eigenvalue weighted by Gasteiger charge is -2.04. The molecule has 0 spiro atoms. The quantitative estimate of drug-likeness (QED) is 0.699. The van der Waals surface area contributed by atoms with Crippen LogP contribution in [0.1, 0.15) is 11.1 Å². The molecule has 1 rings (SSSR count). The molecule has 0 aliphatic heterocycles.